The zero-order valence-corrected chi connectivity index (χ0v) is 17.5. The largest absolute Gasteiger partial charge is 0.375 e. The van der Waals surface area contributed by atoms with E-state index in [1.807, 2.05) is 18.2 Å². The van der Waals surface area contributed by atoms with Gasteiger partial charge in [-0.25, -0.2) is 0 Å². The number of hydrogen-bond donors (Lipinski definition) is 1. The van der Waals surface area contributed by atoms with Crippen molar-refractivity contribution in [2.45, 2.75) is 18.6 Å². The molecule has 1 amide bonds. The normalized spacial score (nSPS) is 18.0. The van der Waals surface area contributed by atoms with Crippen molar-refractivity contribution in [3.8, 4) is 0 Å². The van der Waals surface area contributed by atoms with Gasteiger partial charge in [-0.2, -0.15) is 0 Å². The summed E-state index contributed by atoms with van der Waals surface area (Å²) in [7, 11) is 0. The smallest absolute Gasteiger partial charge is 0.264 e. The third kappa shape index (κ3) is 3.59. The van der Waals surface area contributed by atoms with E-state index in [4.69, 9.17) is 11.6 Å². The first kappa shape index (κ1) is 19.8. The van der Waals surface area contributed by atoms with E-state index < -0.39 is 11.5 Å². The number of amides is 1. The first-order valence-electron chi connectivity index (χ1n) is 8.91. The van der Waals surface area contributed by atoms with Crippen molar-refractivity contribution >= 4 is 44.9 Å². The predicted molar refractivity (Wildman–Crippen MR) is 114 cm³/mol. The lowest BCUT2D eigenvalue weighted by molar-refractivity contribution is -0.136. The highest BCUT2D eigenvalue weighted by Crippen LogP contribution is 2.45. The third-order valence-electron chi connectivity index (χ3n) is 5.00. The number of fused-ring (bicyclic) bond motifs is 1. The highest BCUT2D eigenvalue weighted by Gasteiger charge is 2.51. The Balaban J connectivity index is 1.73. The Morgan fingerprint density at radius 2 is 1.86 bits per heavy atom. The lowest BCUT2D eigenvalue weighted by atomic mass is 9.88. The number of aliphatic hydroxyl groups is 1. The van der Waals surface area contributed by atoms with E-state index in [1.54, 1.807) is 36.4 Å². The number of carbonyl (C=O) groups is 2. The third-order valence-corrected chi connectivity index (χ3v) is 5.86. The lowest BCUT2D eigenvalue weighted by Gasteiger charge is -2.23. The van der Waals surface area contributed by atoms with Crippen molar-refractivity contribution in [1.29, 1.82) is 0 Å². The molecule has 146 valence electrons. The van der Waals surface area contributed by atoms with E-state index in [-0.39, 0.29) is 18.7 Å². The summed E-state index contributed by atoms with van der Waals surface area (Å²) in [5, 5.41) is 11.9. The number of halogens is 2. The first-order chi connectivity index (χ1) is 13.9. The van der Waals surface area contributed by atoms with Crippen molar-refractivity contribution < 1.29 is 14.7 Å². The van der Waals surface area contributed by atoms with Gasteiger partial charge in [0, 0.05) is 33.0 Å². The van der Waals surface area contributed by atoms with Crippen LogP contribution < -0.4 is 4.90 Å². The van der Waals surface area contributed by atoms with Crippen LogP contribution in [0.1, 0.15) is 27.9 Å². The number of carbonyl (C=O) groups excluding carboxylic acids is 2. The fraction of sp³-hybridized carbons (Fsp3) is 0.136. The Morgan fingerprint density at radius 3 is 2.59 bits per heavy atom. The summed E-state index contributed by atoms with van der Waals surface area (Å²) in [6.07, 6.45) is 2.64. The molecule has 2 aromatic carbocycles. The molecule has 0 aliphatic carbocycles. The fourth-order valence-corrected chi connectivity index (χ4v) is 4.08. The van der Waals surface area contributed by atoms with Gasteiger partial charge in [0.25, 0.3) is 5.91 Å². The Labute approximate surface area is 181 Å². The minimum absolute atomic E-state index is 0.193. The first-order valence-corrected chi connectivity index (χ1v) is 10.1. The molecule has 0 fully saturated rings. The van der Waals surface area contributed by atoms with Crippen LogP contribution in [0.2, 0.25) is 5.02 Å². The van der Waals surface area contributed by atoms with Crippen LogP contribution in [0.15, 0.2) is 71.5 Å². The average Bonchev–Trinajstić information content (AvgIpc) is 2.92. The van der Waals surface area contributed by atoms with Gasteiger partial charge in [0.2, 0.25) is 0 Å². The van der Waals surface area contributed by atoms with E-state index in [0.29, 0.717) is 26.3 Å². The molecule has 1 aromatic heterocycles. The van der Waals surface area contributed by atoms with Crippen molar-refractivity contribution in [2.75, 3.05) is 4.90 Å². The number of aromatic nitrogens is 1. The Bertz CT molecular complexity index is 1110. The van der Waals surface area contributed by atoms with Crippen molar-refractivity contribution in [3.05, 3.63) is 93.2 Å². The number of rotatable bonds is 5. The number of Topliss-reactive ketones (excluding diaryl/α,β-unsaturated/α-hetero) is 1. The van der Waals surface area contributed by atoms with E-state index in [2.05, 4.69) is 20.9 Å². The van der Waals surface area contributed by atoms with Crippen molar-refractivity contribution in [1.82, 2.24) is 4.98 Å². The summed E-state index contributed by atoms with van der Waals surface area (Å²) in [6.45, 7) is 0.193. The van der Waals surface area contributed by atoms with Gasteiger partial charge in [0.15, 0.2) is 11.4 Å². The highest BCUT2D eigenvalue weighted by atomic mass is 79.9. The molecule has 5 nitrogen and oxygen atoms in total. The van der Waals surface area contributed by atoms with Crippen LogP contribution in [0.4, 0.5) is 5.69 Å². The quantitative estimate of drug-likeness (QED) is 0.556. The van der Waals surface area contributed by atoms with Crippen molar-refractivity contribution in [3.63, 3.8) is 0 Å². The monoisotopic (exact) mass is 470 g/mol. The van der Waals surface area contributed by atoms with Gasteiger partial charge in [0.05, 0.1) is 18.7 Å². The summed E-state index contributed by atoms with van der Waals surface area (Å²) in [6, 6.07) is 15.6. The summed E-state index contributed by atoms with van der Waals surface area (Å²) in [5.41, 5.74) is 0.138. The van der Waals surface area contributed by atoms with E-state index in [9.17, 15) is 14.7 Å². The SMILES string of the molecule is O=C(C[C@]1(O)C(=O)N(Cc2ccccc2Cl)c2ccc(Br)cc21)c1ccncc1. The molecule has 7 heteroatoms. The minimum atomic E-state index is -1.96. The van der Waals surface area contributed by atoms with Gasteiger partial charge in [0.1, 0.15) is 0 Å². The minimum Gasteiger partial charge on any atom is -0.375 e. The molecule has 1 aliphatic heterocycles. The molecule has 29 heavy (non-hydrogen) atoms. The molecule has 0 radical (unpaired) electrons. The van der Waals surface area contributed by atoms with Crippen LogP contribution in [0, 0.1) is 0 Å². The van der Waals surface area contributed by atoms with Gasteiger partial charge >= 0.3 is 0 Å². The molecule has 0 saturated carbocycles. The second-order valence-corrected chi connectivity index (χ2v) is 8.16. The maximum atomic E-state index is 13.3. The molecule has 0 bridgehead atoms. The summed E-state index contributed by atoms with van der Waals surface area (Å²) in [4.78, 5) is 31.5. The van der Waals surface area contributed by atoms with E-state index >= 15 is 0 Å². The van der Waals surface area contributed by atoms with Gasteiger partial charge in [-0.15, -0.1) is 0 Å². The molecular formula is C22H16BrClN2O3. The fourth-order valence-electron chi connectivity index (χ4n) is 3.52. The topological polar surface area (TPSA) is 70.5 Å². The highest BCUT2D eigenvalue weighted by molar-refractivity contribution is 9.10. The lowest BCUT2D eigenvalue weighted by Crippen LogP contribution is -2.41. The number of benzene rings is 2. The Kier molecular flexibility index (Phi) is 5.25. The maximum Gasteiger partial charge on any atom is 0.264 e. The number of ketones is 1. The van der Waals surface area contributed by atoms with Crippen LogP contribution in [0.3, 0.4) is 0 Å². The summed E-state index contributed by atoms with van der Waals surface area (Å²) < 4.78 is 0.707. The molecule has 1 atom stereocenters. The van der Waals surface area contributed by atoms with E-state index in [1.165, 1.54) is 17.3 Å². The second kappa shape index (κ2) is 7.71. The van der Waals surface area contributed by atoms with Crippen LogP contribution in [-0.2, 0) is 16.9 Å². The Morgan fingerprint density at radius 1 is 1.14 bits per heavy atom. The molecular weight excluding hydrogens is 456 g/mol. The number of anilines is 1. The number of hydrogen-bond acceptors (Lipinski definition) is 4. The second-order valence-electron chi connectivity index (χ2n) is 6.84. The molecule has 0 spiro atoms. The summed E-state index contributed by atoms with van der Waals surface area (Å²) in [5.74, 6) is -0.887. The van der Waals surface area contributed by atoms with Crippen molar-refractivity contribution in [2.24, 2.45) is 0 Å². The Hall–Kier alpha value is -2.54. The van der Waals surface area contributed by atoms with E-state index in [0.717, 1.165) is 5.56 Å². The van der Waals surface area contributed by atoms with Gasteiger partial charge in [-0.3, -0.25) is 14.6 Å². The standard InChI is InChI=1S/C22H16BrClN2O3/c23-16-5-6-19-17(11-16)22(29,12-20(27)14-7-9-25-10-8-14)21(28)26(19)13-15-3-1-2-4-18(15)24/h1-11,29H,12-13H2/t22-/m1/s1. The van der Waals surface area contributed by atoms with Crippen LogP contribution in [0.25, 0.3) is 0 Å². The van der Waals surface area contributed by atoms with Crippen LogP contribution in [0.5, 0.6) is 0 Å². The molecule has 1 aliphatic rings. The molecule has 0 unspecified atom stereocenters. The average molecular weight is 472 g/mol. The maximum absolute atomic E-state index is 13.3. The van der Waals surface area contributed by atoms with Crippen LogP contribution in [-0.4, -0.2) is 21.8 Å². The predicted octanol–water partition coefficient (Wildman–Crippen LogP) is 4.50. The summed E-state index contributed by atoms with van der Waals surface area (Å²) >= 11 is 9.66. The molecule has 4 rings (SSSR count). The number of nitrogens with zero attached hydrogens (tertiary/aromatic N) is 2. The molecule has 3 aromatic rings. The molecule has 1 N–H and O–H groups in total. The molecule has 2 heterocycles. The molecule has 0 saturated heterocycles. The van der Waals surface area contributed by atoms with Crippen LogP contribution >= 0.6 is 27.5 Å². The van der Waals surface area contributed by atoms with Gasteiger partial charge in [-0.1, -0.05) is 45.7 Å². The number of pyridine rings is 1. The van der Waals surface area contributed by atoms with Gasteiger partial charge in [-0.05, 0) is 42.0 Å². The zero-order valence-electron chi connectivity index (χ0n) is 15.2. The zero-order chi connectivity index (χ0) is 20.6. The van der Waals surface area contributed by atoms with Gasteiger partial charge < -0.3 is 10.0 Å².